The molecule has 1 N–H and O–H groups in total. The summed E-state index contributed by atoms with van der Waals surface area (Å²) >= 11 is 0. The molecule has 0 aromatic heterocycles. The van der Waals surface area contributed by atoms with Gasteiger partial charge in [-0.1, -0.05) is 6.92 Å². The second-order valence-electron chi connectivity index (χ2n) is 4.22. The predicted octanol–water partition coefficient (Wildman–Crippen LogP) is 3.46. The maximum atomic E-state index is 10.6. The third kappa shape index (κ3) is 4.50. The summed E-state index contributed by atoms with van der Waals surface area (Å²) in [5, 5.41) is 6.36. The molecule has 0 unspecified atom stereocenters. The Morgan fingerprint density at radius 1 is 1.47 bits per heavy atom. The van der Waals surface area contributed by atoms with Crippen LogP contribution in [0.4, 0.5) is 5.69 Å². The molecule has 0 heterocycles. The number of nitrogens with zero attached hydrogens (tertiary/aromatic N) is 3. The molecular formula is C13H18N4O2. The van der Waals surface area contributed by atoms with Gasteiger partial charge in [-0.05, 0) is 35.4 Å². The highest BCUT2D eigenvalue weighted by atomic mass is 16.5. The molecule has 19 heavy (non-hydrogen) atoms. The minimum Gasteiger partial charge on any atom is -0.487 e. The third-order valence-corrected chi connectivity index (χ3v) is 2.47. The quantitative estimate of drug-likeness (QED) is 0.603. The largest absolute Gasteiger partial charge is 0.487 e. The van der Waals surface area contributed by atoms with Crippen LogP contribution < -0.4 is 4.74 Å². The van der Waals surface area contributed by atoms with E-state index in [1.54, 1.807) is 29.3 Å². The van der Waals surface area contributed by atoms with E-state index in [0.717, 1.165) is 5.56 Å². The summed E-state index contributed by atoms with van der Waals surface area (Å²) < 4.78 is 5.55. The van der Waals surface area contributed by atoms with E-state index in [1.807, 2.05) is 21.0 Å². The van der Waals surface area contributed by atoms with E-state index in [9.17, 15) is 4.91 Å². The number of hydrogen-bond donors (Lipinski definition) is 1. The van der Waals surface area contributed by atoms with Crippen molar-refractivity contribution in [3.8, 4) is 5.75 Å². The zero-order valence-corrected chi connectivity index (χ0v) is 11.4. The summed E-state index contributed by atoms with van der Waals surface area (Å²) in [5.74, 6) is 0.637. The van der Waals surface area contributed by atoms with Gasteiger partial charge in [-0.3, -0.25) is 0 Å². The molecule has 0 radical (unpaired) electrons. The first kappa shape index (κ1) is 14.8. The molecule has 0 spiro atoms. The lowest BCUT2D eigenvalue weighted by molar-refractivity contribution is 0.344. The Balaban J connectivity index is 2.77. The zero-order chi connectivity index (χ0) is 14.3. The van der Waals surface area contributed by atoms with Crippen LogP contribution in [0.2, 0.25) is 0 Å². The summed E-state index contributed by atoms with van der Waals surface area (Å²) in [6.45, 7) is 2.16. The first-order chi connectivity index (χ1) is 9.10. The molecule has 0 aliphatic rings. The van der Waals surface area contributed by atoms with Gasteiger partial charge in [0.2, 0.25) is 0 Å². The van der Waals surface area contributed by atoms with Crippen molar-refractivity contribution < 1.29 is 4.74 Å². The van der Waals surface area contributed by atoms with Crippen molar-refractivity contribution in [2.75, 3.05) is 20.7 Å². The zero-order valence-electron chi connectivity index (χ0n) is 11.4. The third-order valence-electron chi connectivity index (χ3n) is 2.47. The Bertz CT molecular complexity index is 484. The van der Waals surface area contributed by atoms with Gasteiger partial charge in [0.1, 0.15) is 23.7 Å². The Morgan fingerprint density at radius 3 is 2.74 bits per heavy atom. The van der Waals surface area contributed by atoms with Crippen LogP contribution in [0.1, 0.15) is 12.5 Å². The summed E-state index contributed by atoms with van der Waals surface area (Å²) in [6.07, 6.45) is 2.43. The molecule has 0 atom stereocenters. The molecule has 1 rings (SSSR count). The van der Waals surface area contributed by atoms with Crippen molar-refractivity contribution >= 4 is 5.69 Å². The highest BCUT2D eigenvalue weighted by molar-refractivity contribution is 5.49. The monoisotopic (exact) mass is 262 g/mol. The van der Waals surface area contributed by atoms with Gasteiger partial charge < -0.3 is 9.64 Å². The Morgan fingerprint density at radius 2 is 2.21 bits per heavy atom. The molecule has 0 saturated heterocycles. The van der Waals surface area contributed by atoms with Crippen LogP contribution in [0, 0.1) is 10.4 Å². The standard InChI is InChI=1S/C13H18N4O2/c1-4-10-7-12(5-6-13(10)16-18)19-9-11(15-14)8-17(2)3/h5-8,14H,4,9H2,1-3H3/b11-8-,15-14?. The van der Waals surface area contributed by atoms with E-state index < -0.39 is 0 Å². The number of aryl methyl sites for hydroxylation is 1. The number of nitrogens with one attached hydrogen (secondary N) is 1. The van der Waals surface area contributed by atoms with Crippen molar-refractivity contribution in [2.24, 2.45) is 10.3 Å². The molecule has 0 saturated carbocycles. The minimum absolute atomic E-state index is 0.207. The van der Waals surface area contributed by atoms with E-state index in [1.165, 1.54) is 0 Å². The molecule has 1 aromatic rings. The predicted molar refractivity (Wildman–Crippen MR) is 73.7 cm³/mol. The van der Waals surface area contributed by atoms with E-state index in [4.69, 9.17) is 10.3 Å². The molecule has 6 heteroatoms. The number of hydrogen-bond acceptors (Lipinski definition) is 6. The summed E-state index contributed by atoms with van der Waals surface area (Å²) in [5.41, 5.74) is 8.85. The molecule has 6 nitrogen and oxygen atoms in total. The van der Waals surface area contributed by atoms with Crippen molar-refractivity contribution in [3.05, 3.63) is 40.6 Å². The number of benzene rings is 1. The molecule has 0 aliphatic heterocycles. The summed E-state index contributed by atoms with van der Waals surface area (Å²) in [7, 11) is 3.70. The second-order valence-corrected chi connectivity index (χ2v) is 4.22. The Kier molecular flexibility index (Phi) is 5.66. The molecule has 0 aliphatic carbocycles. The highest BCUT2D eigenvalue weighted by Gasteiger charge is 2.04. The Labute approximate surface area is 112 Å². The van der Waals surface area contributed by atoms with Crippen LogP contribution in [0.15, 0.2) is 40.4 Å². The van der Waals surface area contributed by atoms with Crippen LogP contribution in [0.5, 0.6) is 5.75 Å². The highest BCUT2D eigenvalue weighted by Crippen LogP contribution is 2.25. The van der Waals surface area contributed by atoms with Crippen molar-refractivity contribution in [1.29, 1.82) is 5.53 Å². The van der Waals surface area contributed by atoms with Crippen LogP contribution in [0.25, 0.3) is 0 Å². The van der Waals surface area contributed by atoms with Gasteiger partial charge in [0.25, 0.3) is 0 Å². The van der Waals surface area contributed by atoms with Gasteiger partial charge in [-0.25, -0.2) is 5.53 Å². The fraction of sp³-hybridized carbons (Fsp3) is 0.385. The normalized spacial score (nSPS) is 11.0. The summed E-state index contributed by atoms with van der Waals surface area (Å²) in [6, 6.07) is 5.11. The maximum absolute atomic E-state index is 10.6. The Hall–Kier alpha value is -2.24. The molecule has 1 aromatic carbocycles. The second kappa shape index (κ2) is 7.25. The van der Waals surface area contributed by atoms with Crippen molar-refractivity contribution in [3.63, 3.8) is 0 Å². The molecular weight excluding hydrogens is 244 g/mol. The summed E-state index contributed by atoms with van der Waals surface area (Å²) in [4.78, 5) is 12.4. The number of nitroso groups, excluding NO2 is 1. The fourth-order valence-electron chi connectivity index (χ4n) is 1.58. The van der Waals surface area contributed by atoms with Gasteiger partial charge in [-0.15, -0.1) is 4.91 Å². The van der Waals surface area contributed by atoms with Crippen LogP contribution >= 0.6 is 0 Å². The average molecular weight is 262 g/mol. The van der Waals surface area contributed by atoms with E-state index in [0.29, 0.717) is 23.6 Å². The number of ether oxygens (including phenoxy) is 1. The topological polar surface area (TPSA) is 78.1 Å². The smallest absolute Gasteiger partial charge is 0.134 e. The van der Waals surface area contributed by atoms with Crippen molar-refractivity contribution in [1.82, 2.24) is 4.90 Å². The fourth-order valence-corrected chi connectivity index (χ4v) is 1.58. The number of rotatable bonds is 7. The first-order valence-corrected chi connectivity index (χ1v) is 5.94. The lowest BCUT2D eigenvalue weighted by Crippen LogP contribution is -2.07. The lowest BCUT2D eigenvalue weighted by atomic mass is 10.1. The first-order valence-electron chi connectivity index (χ1n) is 5.94. The molecule has 102 valence electrons. The molecule has 0 fully saturated rings. The van der Waals surface area contributed by atoms with Crippen LogP contribution in [-0.2, 0) is 6.42 Å². The SMILES string of the molecule is CCc1cc(OC/C(=C/N(C)C)N=N)ccc1N=O. The molecule has 0 amide bonds. The lowest BCUT2D eigenvalue weighted by Gasteiger charge is -2.10. The van der Waals surface area contributed by atoms with Crippen LogP contribution in [0.3, 0.4) is 0 Å². The van der Waals surface area contributed by atoms with Crippen LogP contribution in [-0.4, -0.2) is 25.6 Å². The van der Waals surface area contributed by atoms with Gasteiger partial charge in [0, 0.05) is 20.3 Å². The minimum atomic E-state index is 0.207. The average Bonchev–Trinajstić information content (AvgIpc) is 2.42. The van der Waals surface area contributed by atoms with Gasteiger partial charge in [-0.2, -0.15) is 5.11 Å². The van der Waals surface area contributed by atoms with Gasteiger partial charge >= 0.3 is 0 Å². The van der Waals surface area contributed by atoms with E-state index in [2.05, 4.69) is 10.3 Å². The van der Waals surface area contributed by atoms with Gasteiger partial charge in [0.15, 0.2) is 0 Å². The maximum Gasteiger partial charge on any atom is 0.134 e. The van der Waals surface area contributed by atoms with E-state index >= 15 is 0 Å². The van der Waals surface area contributed by atoms with Crippen molar-refractivity contribution in [2.45, 2.75) is 13.3 Å². The molecule has 0 bridgehead atoms. The van der Waals surface area contributed by atoms with Gasteiger partial charge in [0.05, 0.1) is 0 Å². The van der Waals surface area contributed by atoms with E-state index in [-0.39, 0.29) is 6.61 Å².